The van der Waals surface area contributed by atoms with Crippen LogP contribution in [0.5, 0.6) is 0 Å². The van der Waals surface area contributed by atoms with E-state index in [2.05, 4.69) is 9.97 Å². The van der Waals surface area contributed by atoms with Gasteiger partial charge in [0.15, 0.2) is 0 Å². The number of hydrogen-bond acceptors (Lipinski definition) is 2. The summed E-state index contributed by atoms with van der Waals surface area (Å²) in [6, 6.07) is 17.2. The van der Waals surface area contributed by atoms with E-state index in [1.54, 1.807) is 12.4 Å². The van der Waals surface area contributed by atoms with Gasteiger partial charge in [0.2, 0.25) is 0 Å². The lowest BCUT2D eigenvalue weighted by Gasteiger charge is -2.04. The number of nitrogens with one attached hydrogen (secondary N) is 1. The summed E-state index contributed by atoms with van der Waals surface area (Å²) in [5.41, 5.74) is 3.21. The van der Waals surface area contributed by atoms with Crippen molar-refractivity contribution >= 4 is 0 Å². The zero-order valence-corrected chi connectivity index (χ0v) is 10.2. The van der Waals surface area contributed by atoms with Crippen LogP contribution in [0.25, 0.3) is 22.4 Å². The Morgan fingerprint density at radius 2 is 1.68 bits per heavy atom. The van der Waals surface area contributed by atoms with Crippen LogP contribution >= 0.6 is 0 Å². The number of aromatic amines is 1. The van der Waals surface area contributed by atoms with E-state index in [1.165, 1.54) is 0 Å². The zero-order chi connectivity index (χ0) is 13.1. The smallest absolute Gasteiger partial charge is 0.255 e. The van der Waals surface area contributed by atoms with Crippen molar-refractivity contribution in [3.63, 3.8) is 0 Å². The Balaban J connectivity index is 2.15. The van der Waals surface area contributed by atoms with Crippen LogP contribution in [0.1, 0.15) is 0 Å². The van der Waals surface area contributed by atoms with Crippen LogP contribution in [0.2, 0.25) is 0 Å². The van der Waals surface area contributed by atoms with E-state index in [4.69, 9.17) is 0 Å². The maximum atomic E-state index is 11.9. The molecule has 2 heterocycles. The number of benzene rings is 1. The summed E-state index contributed by atoms with van der Waals surface area (Å²) in [5, 5.41) is 0. The maximum absolute atomic E-state index is 11.9. The molecule has 0 aliphatic heterocycles. The first-order valence-electron chi connectivity index (χ1n) is 6.04. The highest BCUT2D eigenvalue weighted by atomic mass is 16.1. The Kier molecular flexibility index (Phi) is 2.94. The molecule has 1 N–H and O–H groups in total. The van der Waals surface area contributed by atoms with Gasteiger partial charge in [-0.25, -0.2) is 0 Å². The second kappa shape index (κ2) is 4.90. The Bertz CT molecular complexity index is 733. The second-order valence-corrected chi connectivity index (χ2v) is 4.21. The lowest BCUT2D eigenvalue weighted by atomic mass is 10.0. The van der Waals surface area contributed by atoms with Crippen molar-refractivity contribution in [3.8, 4) is 22.4 Å². The Morgan fingerprint density at radius 3 is 2.42 bits per heavy atom. The molecular weight excluding hydrogens is 236 g/mol. The predicted molar refractivity (Wildman–Crippen MR) is 75.7 cm³/mol. The highest BCUT2D eigenvalue weighted by Crippen LogP contribution is 2.20. The quantitative estimate of drug-likeness (QED) is 0.757. The molecule has 2 aromatic heterocycles. The van der Waals surface area contributed by atoms with Crippen molar-refractivity contribution in [2.75, 3.05) is 0 Å². The minimum atomic E-state index is -0.0918. The van der Waals surface area contributed by atoms with Gasteiger partial charge < -0.3 is 4.98 Å². The van der Waals surface area contributed by atoms with E-state index >= 15 is 0 Å². The van der Waals surface area contributed by atoms with Gasteiger partial charge in [0, 0.05) is 23.5 Å². The number of rotatable bonds is 2. The molecular formula is C16H12N2O. The van der Waals surface area contributed by atoms with Crippen LogP contribution in [0, 0.1) is 0 Å². The third kappa shape index (κ3) is 2.31. The average Bonchev–Trinajstić information content (AvgIpc) is 2.49. The molecule has 0 fully saturated rings. The highest BCUT2D eigenvalue weighted by molar-refractivity contribution is 5.69. The number of pyridine rings is 2. The SMILES string of the molecule is O=c1[nH]cc(-c2ccccn2)cc1-c1ccccc1. The van der Waals surface area contributed by atoms with E-state index in [-0.39, 0.29) is 5.56 Å². The number of nitrogens with zero attached hydrogens (tertiary/aromatic N) is 1. The normalized spacial score (nSPS) is 10.3. The van der Waals surface area contributed by atoms with Crippen molar-refractivity contribution < 1.29 is 0 Å². The van der Waals surface area contributed by atoms with Gasteiger partial charge in [-0.1, -0.05) is 36.4 Å². The molecule has 0 aliphatic rings. The maximum Gasteiger partial charge on any atom is 0.255 e. The summed E-state index contributed by atoms with van der Waals surface area (Å²) in [5.74, 6) is 0. The monoisotopic (exact) mass is 248 g/mol. The van der Waals surface area contributed by atoms with Gasteiger partial charge in [0.05, 0.1) is 5.69 Å². The third-order valence-electron chi connectivity index (χ3n) is 2.95. The number of H-pyrrole nitrogens is 1. The molecule has 0 amide bonds. The molecule has 19 heavy (non-hydrogen) atoms. The van der Waals surface area contributed by atoms with Gasteiger partial charge in [-0.2, -0.15) is 0 Å². The topological polar surface area (TPSA) is 45.8 Å². The van der Waals surface area contributed by atoms with Crippen molar-refractivity contribution in [2.45, 2.75) is 0 Å². The molecule has 3 aromatic rings. The van der Waals surface area contributed by atoms with E-state index in [1.807, 2.05) is 54.6 Å². The Hall–Kier alpha value is -2.68. The number of hydrogen-bond donors (Lipinski definition) is 1. The predicted octanol–water partition coefficient (Wildman–Crippen LogP) is 3.10. The molecule has 3 heteroatoms. The molecule has 0 spiro atoms. The molecule has 3 nitrogen and oxygen atoms in total. The van der Waals surface area contributed by atoms with E-state index < -0.39 is 0 Å². The summed E-state index contributed by atoms with van der Waals surface area (Å²) in [6.45, 7) is 0. The lowest BCUT2D eigenvalue weighted by Crippen LogP contribution is -2.08. The lowest BCUT2D eigenvalue weighted by molar-refractivity contribution is 1.22. The van der Waals surface area contributed by atoms with Gasteiger partial charge in [-0.05, 0) is 23.8 Å². The highest BCUT2D eigenvalue weighted by Gasteiger charge is 2.06. The van der Waals surface area contributed by atoms with Gasteiger partial charge in [0.25, 0.3) is 5.56 Å². The first-order chi connectivity index (χ1) is 9.34. The summed E-state index contributed by atoms with van der Waals surface area (Å²) in [4.78, 5) is 19.0. The van der Waals surface area contributed by atoms with Crippen molar-refractivity contribution in [2.24, 2.45) is 0 Å². The van der Waals surface area contributed by atoms with Crippen molar-refractivity contribution in [1.82, 2.24) is 9.97 Å². The average molecular weight is 248 g/mol. The summed E-state index contributed by atoms with van der Waals surface area (Å²) in [6.07, 6.45) is 3.43. The number of aromatic nitrogens is 2. The second-order valence-electron chi connectivity index (χ2n) is 4.21. The van der Waals surface area contributed by atoms with Crippen LogP contribution < -0.4 is 5.56 Å². The third-order valence-corrected chi connectivity index (χ3v) is 2.95. The van der Waals surface area contributed by atoms with Crippen LogP contribution in [-0.4, -0.2) is 9.97 Å². The van der Waals surface area contributed by atoms with E-state index in [0.717, 1.165) is 16.8 Å². The van der Waals surface area contributed by atoms with Gasteiger partial charge >= 0.3 is 0 Å². The molecule has 0 atom stereocenters. The summed E-state index contributed by atoms with van der Waals surface area (Å²) >= 11 is 0. The van der Waals surface area contributed by atoms with Gasteiger partial charge in [-0.15, -0.1) is 0 Å². The zero-order valence-electron chi connectivity index (χ0n) is 10.2. The van der Waals surface area contributed by atoms with E-state index in [9.17, 15) is 4.79 Å². The summed E-state index contributed by atoms with van der Waals surface area (Å²) in [7, 11) is 0. The molecule has 1 aromatic carbocycles. The molecule has 0 saturated carbocycles. The standard InChI is InChI=1S/C16H12N2O/c19-16-14(12-6-2-1-3-7-12)10-13(11-18-16)15-8-4-5-9-17-15/h1-11H,(H,18,19). The van der Waals surface area contributed by atoms with E-state index in [0.29, 0.717) is 5.56 Å². The Labute approximate surface area is 110 Å². The van der Waals surface area contributed by atoms with Crippen LogP contribution in [-0.2, 0) is 0 Å². The molecule has 92 valence electrons. The minimum absolute atomic E-state index is 0.0918. The van der Waals surface area contributed by atoms with Crippen LogP contribution in [0.3, 0.4) is 0 Å². The molecule has 0 radical (unpaired) electrons. The Morgan fingerprint density at radius 1 is 0.895 bits per heavy atom. The first kappa shape index (κ1) is 11.4. The van der Waals surface area contributed by atoms with Crippen molar-refractivity contribution in [1.29, 1.82) is 0 Å². The summed E-state index contributed by atoms with van der Waals surface area (Å²) < 4.78 is 0. The largest absolute Gasteiger partial charge is 0.328 e. The molecule has 0 saturated heterocycles. The molecule has 0 bridgehead atoms. The van der Waals surface area contributed by atoms with Gasteiger partial charge in [-0.3, -0.25) is 9.78 Å². The molecule has 0 unspecified atom stereocenters. The first-order valence-corrected chi connectivity index (χ1v) is 6.04. The fourth-order valence-corrected chi connectivity index (χ4v) is 2.00. The van der Waals surface area contributed by atoms with Gasteiger partial charge in [0.1, 0.15) is 0 Å². The fourth-order valence-electron chi connectivity index (χ4n) is 2.00. The fraction of sp³-hybridized carbons (Fsp3) is 0. The van der Waals surface area contributed by atoms with Crippen LogP contribution in [0.4, 0.5) is 0 Å². The minimum Gasteiger partial charge on any atom is -0.328 e. The molecule has 0 aliphatic carbocycles. The molecule has 3 rings (SSSR count). The van der Waals surface area contributed by atoms with Crippen LogP contribution in [0.15, 0.2) is 71.8 Å². The van der Waals surface area contributed by atoms with Crippen molar-refractivity contribution in [3.05, 3.63) is 77.3 Å².